The smallest absolute Gasteiger partial charge is 0.255 e. The van der Waals surface area contributed by atoms with Gasteiger partial charge in [0.2, 0.25) is 0 Å². The van der Waals surface area contributed by atoms with Gasteiger partial charge in [-0.25, -0.2) is 0 Å². The van der Waals surface area contributed by atoms with Gasteiger partial charge in [0.15, 0.2) is 0 Å². The second-order valence-corrected chi connectivity index (χ2v) is 1.81. The number of pyridine rings is 1. The largest absolute Gasteiger partial charge is 0.329 e. The zero-order valence-electron chi connectivity index (χ0n) is 4.98. The van der Waals surface area contributed by atoms with E-state index in [0.29, 0.717) is 10.4 Å². The number of nitrogens with one attached hydrogen (secondary N) is 1. The summed E-state index contributed by atoms with van der Waals surface area (Å²) in [7, 11) is 0. The van der Waals surface area contributed by atoms with Crippen LogP contribution in [-0.2, 0) is 0 Å². The van der Waals surface area contributed by atoms with Crippen LogP contribution in [0.25, 0.3) is 13.2 Å². The summed E-state index contributed by atoms with van der Waals surface area (Å²) in [6, 6.07) is 1.71. The van der Waals surface area contributed by atoms with Crippen LogP contribution in [0.5, 0.6) is 0 Å². The van der Waals surface area contributed by atoms with Gasteiger partial charge in [0, 0.05) is 11.4 Å². The Labute approximate surface area is 52.2 Å². The van der Waals surface area contributed by atoms with Gasteiger partial charge < -0.3 is 4.98 Å². The minimum atomic E-state index is -0.164. The van der Waals surface area contributed by atoms with Gasteiger partial charge in [0.25, 0.3) is 5.56 Å². The standard InChI is InChI=1S/C7H7NO/c1-5-3-4-8-7(9)6(5)2/h3-4H,1-2H2,(H,8,9). The molecule has 0 fully saturated rings. The Morgan fingerprint density at radius 1 is 1.44 bits per heavy atom. The molecule has 1 N–H and O–H groups in total. The molecule has 2 nitrogen and oxygen atoms in total. The maximum atomic E-state index is 10.7. The van der Waals surface area contributed by atoms with E-state index >= 15 is 0 Å². The third-order valence-corrected chi connectivity index (χ3v) is 1.16. The van der Waals surface area contributed by atoms with Crippen LogP contribution < -0.4 is 16.0 Å². The molecule has 0 aliphatic rings. The Morgan fingerprint density at radius 2 is 2.11 bits per heavy atom. The highest BCUT2D eigenvalue weighted by atomic mass is 16.1. The highest BCUT2D eigenvalue weighted by Gasteiger charge is 1.81. The van der Waals surface area contributed by atoms with E-state index in [1.54, 1.807) is 12.3 Å². The lowest BCUT2D eigenvalue weighted by Gasteiger charge is -1.81. The Bertz CT molecular complexity index is 319. The van der Waals surface area contributed by atoms with Crippen LogP contribution in [0, 0.1) is 0 Å². The van der Waals surface area contributed by atoms with Crippen molar-refractivity contribution in [2.45, 2.75) is 0 Å². The first kappa shape index (κ1) is 5.82. The predicted molar refractivity (Wildman–Crippen MR) is 37.4 cm³/mol. The molecule has 2 heteroatoms. The molecule has 9 heavy (non-hydrogen) atoms. The van der Waals surface area contributed by atoms with Gasteiger partial charge in [-0.15, -0.1) is 0 Å². The lowest BCUT2D eigenvalue weighted by molar-refractivity contribution is 1.19. The number of rotatable bonds is 0. The van der Waals surface area contributed by atoms with Gasteiger partial charge in [-0.2, -0.15) is 0 Å². The van der Waals surface area contributed by atoms with E-state index in [9.17, 15) is 4.79 Å². The normalized spacial score (nSPS) is 9.33. The van der Waals surface area contributed by atoms with Crippen molar-refractivity contribution in [3.05, 3.63) is 33.1 Å². The molecule has 0 spiro atoms. The summed E-state index contributed by atoms with van der Waals surface area (Å²) in [5.74, 6) is 0. The fourth-order valence-electron chi connectivity index (χ4n) is 0.551. The zero-order chi connectivity index (χ0) is 6.85. The third-order valence-electron chi connectivity index (χ3n) is 1.16. The van der Waals surface area contributed by atoms with Crippen molar-refractivity contribution in [1.29, 1.82) is 0 Å². The Balaban J connectivity index is 3.85. The summed E-state index contributed by atoms with van der Waals surface area (Å²) in [6.07, 6.45) is 1.55. The SMILES string of the molecule is C=c1cc[nH]c(=O)c1=C. The van der Waals surface area contributed by atoms with Crippen molar-refractivity contribution in [3.63, 3.8) is 0 Å². The Kier molecular flexibility index (Phi) is 1.23. The fourth-order valence-corrected chi connectivity index (χ4v) is 0.551. The summed E-state index contributed by atoms with van der Waals surface area (Å²) in [5, 5.41) is 1.12. The minimum absolute atomic E-state index is 0.164. The molecule has 0 saturated heterocycles. The molecule has 0 aliphatic heterocycles. The number of aromatic nitrogens is 1. The summed E-state index contributed by atoms with van der Waals surface area (Å²) in [6.45, 7) is 7.11. The molecular weight excluding hydrogens is 114 g/mol. The molecule has 0 aromatic carbocycles. The van der Waals surface area contributed by atoms with Crippen LogP contribution >= 0.6 is 0 Å². The maximum Gasteiger partial charge on any atom is 0.255 e. The minimum Gasteiger partial charge on any atom is -0.329 e. The highest BCUT2D eigenvalue weighted by Crippen LogP contribution is 1.50. The van der Waals surface area contributed by atoms with Crippen LogP contribution in [0.1, 0.15) is 0 Å². The molecule has 0 aliphatic carbocycles. The molecule has 1 aromatic heterocycles. The third kappa shape index (κ3) is 0.914. The van der Waals surface area contributed by atoms with Crippen molar-refractivity contribution >= 4 is 13.2 Å². The number of aromatic amines is 1. The molecular formula is C7H7NO. The van der Waals surface area contributed by atoms with Crippen LogP contribution in [-0.4, -0.2) is 4.98 Å². The van der Waals surface area contributed by atoms with Crippen molar-refractivity contribution < 1.29 is 0 Å². The topological polar surface area (TPSA) is 32.9 Å². The van der Waals surface area contributed by atoms with E-state index < -0.39 is 0 Å². The molecule has 0 saturated carbocycles. The summed E-state index contributed by atoms with van der Waals surface area (Å²) in [4.78, 5) is 13.2. The van der Waals surface area contributed by atoms with E-state index in [4.69, 9.17) is 0 Å². The molecule has 0 amide bonds. The molecule has 1 aromatic rings. The first-order valence-electron chi connectivity index (χ1n) is 2.57. The number of H-pyrrole nitrogens is 1. The second kappa shape index (κ2) is 1.90. The highest BCUT2D eigenvalue weighted by molar-refractivity contribution is 5.11. The van der Waals surface area contributed by atoms with Gasteiger partial charge >= 0.3 is 0 Å². The van der Waals surface area contributed by atoms with E-state index in [0.717, 1.165) is 0 Å². The number of hydrogen-bond donors (Lipinski definition) is 1. The molecule has 0 bridgehead atoms. The zero-order valence-corrected chi connectivity index (χ0v) is 4.98. The van der Waals surface area contributed by atoms with Crippen molar-refractivity contribution in [1.82, 2.24) is 4.98 Å². The van der Waals surface area contributed by atoms with Gasteiger partial charge in [-0.05, 0) is 11.3 Å². The lowest BCUT2D eigenvalue weighted by Crippen LogP contribution is -2.37. The Morgan fingerprint density at radius 3 is 2.56 bits per heavy atom. The molecule has 0 atom stereocenters. The van der Waals surface area contributed by atoms with Crippen molar-refractivity contribution in [2.24, 2.45) is 0 Å². The van der Waals surface area contributed by atoms with Crippen LogP contribution in [0.2, 0.25) is 0 Å². The average molecular weight is 121 g/mol. The quantitative estimate of drug-likeness (QED) is 0.478. The van der Waals surface area contributed by atoms with Gasteiger partial charge in [0.05, 0.1) is 0 Å². The summed E-state index contributed by atoms with van der Waals surface area (Å²) in [5.41, 5.74) is -0.164. The molecule has 1 rings (SSSR count). The molecule has 1 heterocycles. The van der Waals surface area contributed by atoms with Gasteiger partial charge in [-0.3, -0.25) is 4.79 Å². The molecule has 0 unspecified atom stereocenters. The van der Waals surface area contributed by atoms with Gasteiger partial charge in [0.1, 0.15) is 0 Å². The van der Waals surface area contributed by atoms with Crippen LogP contribution in [0.15, 0.2) is 17.1 Å². The Hall–Kier alpha value is -1.31. The van der Waals surface area contributed by atoms with Crippen LogP contribution in [0.4, 0.5) is 0 Å². The number of hydrogen-bond acceptors (Lipinski definition) is 1. The van der Waals surface area contributed by atoms with Gasteiger partial charge in [-0.1, -0.05) is 13.2 Å². The van der Waals surface area contributed by atoms with Crippen LogP contribution in [0.3, 0.4) is 0 Å². The van der Waals surface area contributed by atoms with E-state index in [1.165, 1.54) is 0 Å². The molecule has 46 valence electrons. The van der Waals surface area contributed by atoms with E-state index in [1.807, 2.05) is 0 Å². The predicted octanol–water partition coefficient (Wildman–Crippen LogP) is -0.804. The monoisotopic (exact) mass is 121 g/mol. The first-order valence-corrected chi connectivity index (χ1v) is 2.57. The average Bonchev–Trinajstić information content (AvgIpc) is 1.83. The molecule has 0 radical (unpaired) electrons. The van der Waals surface area contributed by atoms with E-state index in [2.05, 4.69) is 18.1 Å². The van der Waals surface area contributed by atoms with E-state index in [-0.39, 0.29) is 5.56 Å². The van der Waals surface area contributed by atoms with Crippen molar-refractivity contribution in [3.8, 4) is 0 Å². The first-order chi connectivity index (χ1) is 4.22. The summed E-state index contributed by atoms with van der Waals surface area (Å²) >= 11 is 0. The van der Waals surface area contributed by atoms with Crippen molar-refractivity contribution in [2.75, 3.05) is 0 Å². The summed E-state index contributed by atoms with van der Waals surface area (Å²) < 4.78 is 0. The maximum absolute atomic E-state index is 10.7. The fraction of sp³-hybridized carbons (Fsp3) is 0. The second-order valence-electron chi connectivity index (χ2n) is 1.81. The lowest BCUT2D eigenvalue weighted by atomic mass is 10.3.